The van der Waals surface area contributed by atoms with E-state index >= 15 is 0 Å². The lowest BCUT2D eigenvalue weighted by molar-refractivity contribution is 0.0717. The van der Waals surface area contributed by atoms with E-state index in [2.05, 4.69) is 50.1 Å². The highest BCUT2D eigenvalue weighted by Gasteiger charge is 2.39. The van der Waals surface area contributed by atoms with Crippen LogP contribution in [0.3, 0.4) is 0 Å². The van der Waals surface area contributed by atoms with E-state index < -0.39 is 0 Å². The summed E-state index contributed by atoms with van der Waals surface area (Å²) in [4.78, 5) is 4.36. The zero-order chi connectivity index (χ0) is 28.1. The van der Waals surface area contributed by atoms with Gasteiger partial charge in [0.05, 0.1) is 32.3 Å². The Kier molecular flexibility index (Phi) is 11.7. The van der Waals surface area contributed by atoms with Crippen LogP contribution in [0.2, 0.25) is 20.1 Å². The maximum absolute atomic E-state index is 10.1. The maximum atomic E-state index is 10.1. The molecule has 2 aromatic rings. The number of rotatable bonds is 6. The number of benzene rings is 2. The fourth-order valence-electron chi connectivity index (χ4n) is 6.52. The summed E-state index contributed by atoms with van der Waals surface area (Å²) in [5, 5.41) is 22.5. The van der Waals surface area contributed by atoms with Gasteiger partial charge in [-0.3, -0.25) is 0 Å². The molecule has 0 bridgehead atoms. The van der Waals surface area contributed by atoms with Crippen molar-refractivity contribution in [2.45, 2.75) is 74.4 Å². The van der Waals surface area contributed by atoms with Gasteiger partial charge in [-0.25, -0.2) is 0 Å². The van der Waals surface area contributed by atoms with Crippen LogP contribution in [0, 0.1) is 0 Å². The summed E-state index contributed by atoms with van der Waals surface area (Å²) in [6.45, 7) is 1.84. The van der Waals surface area contributed by atoms with Gasteiger partial charge in [0, 0.05) is 23.9 Å². The molecule has 0 aromatic heterocycles. The minimum atomic E-state index is -0.219. The molecule has 2 N–H and O–H groups in total. The summed E-state index contributed by atoms with van der Waals surface area (Å²) in [6, 6.07) is 11.7. The number of aliphatic hydroxyl groups is 2. The van der Waals surface area contributed by atoms with Crippen molar-refractivity contribution in [3.05, 3.63) is 67.6 Å². The monoisotopic (exact) mass is 602 g/mol. The van der Waals surface area contributed by atoms with Gasteiger partial charge >= 0.3 is 0 Å². The lowest BCUT2D eigenvalue weighted by Gasteiger charge is -2.42. The molecule has 2 aliphatic rings. The Bertz CT molecular complexity index is 975. The van der Waals surface area contributed by atoms with Gasteiger partial charge in [-0.05, 0) is 115 Å². The van der Waals surface area contributed by atoms with Crippen LogP contribution in [0.1, 0.15) is 62.5 Å². The minimum Gasteiger partial charge on any atom is -0.393 e. The van der Waals surface area contributed by atoms with Crippen molar-refractivity contribution in [1.82, 2.24) is 9.80 Å². The molecular weight excluding hydrogens is 562 g/mol. The van der Waals surface area contributed by atoms with Crippen LogP contribution in [0.5, 0.6) is 0 Å². The Morgan fingerprint density at radius 1 is 0.658 bits per heavy atom. The normalized spacial score (nSPS) is 27.8. The van der Waals surface area contributed by atoms with Crippen molar-refractivity contribution >= 4 is 46.4 Å². The Labute approximate surface area is 248 Å². The van der Waals surface area contributed by atoms with E-state index in [1.54, 1.807) is 0 Å². The average Bonchev–Trinajstić information content (AvgIpc) is 2.82. The van der Waals surface area contributed by atoms with Gasteiger partial charge in [0.1, 0.15) is 0 Å². The first-order valence-corrected chi connectivity index (χ1v) is 14.9. The molecule has 4 rings (SSSR count). The van der Waals surface area contributed by atoms with Crippen LogP contribution >= 0.6 is 46.4 Å². The van der Waals surface area contributed by atoms with E-state index in [-0.39, 0.29) is 23.0 Å². The third-order valence-corrected chi connectivity index (χ3v) is 9.42. The lowest BCUT2D eigenvalue weighted by atomic mass is 9.68. The Balaban J connectivity index is 0.000000211. The van der Waals surface area contributed by atoms with Crippen molar-refractivity contribution in [2.24, 2.45) is 0 Å². The third kappa shape index (κ3) is 8.24. The molecule has 0 aliphatic heterocycles. The van der Waals surface area contributed by atoms with Gasteiger partial charge in [-0.15, -0.1) is 0 Å². The molecule has 38 heavy (non-hydrogen) atoms. The predicted molar refractivity (Wildman–Crippen MR) is 162 cm³/mol. The Hall–Kier alpha value is -0.560. The first kappa shape index (κ1) is 32.0. The molecule has 212 valence electrons. The number of hydrogen-bond acceptors (Lipinski definition) is 4. The third-order valence-electron chi connectivity index (χ3n) is 7.94. The van der Waals surface area contributed by atoms with Crippen molar-refractivity contribution in [3.8, 4) is 0 Å². The SMILES string of the molecule is CN(C)C[C@@]1(c2ccc(Cl)c(Cl)c2)CCC[C@@H](O)C1.CN(C)C[C@]1(c2ccc(Cl)c(Cl)c2)CCC[C@H](O)C1. The molecule has 0 radical (unpaired) electrons. The summed E-state index contributed by atoms with van der Waals surface area (Å²) in [6.07, 6.45) is 7.22. The summed E-state index contributed by atoms with van der Waals surface area (Å²) in [5.74, 6) is 0. The van der Waals surface area contributed by atoms with Gasteiger partial charge in [0.15, 0.2) is 0 Å². The van der Waals surface area contributed by atoms with Crippen molar-refractivity contribution in [2.75, 3.05) is 41.3 Å². The first-order chi connectivity index (χ1) is 17.9. The van der Waals surface area contributed by atoms with E-state index in [9.17, 15) is 10.2 Å². The van der Waals surface area contributed by atoms with Crippen LogP contribution in [0.4, 0.5) is 0 Å². The van der Waals surface area contributed by atoms with Gasteiger partial charge in [-0.2, -0.15) is 0 Å². The largest absolute Gasteiger partial charge is 0.393 e. The second-order valence-corrected chi connectivity index (χ2v) is 13.4. The highest BCUT2D eigenvalue weighted by Crippen LogP contribution is 2.43. The van der Waals surface area contributed by atoms with E-state index in [4.69, 9.17) is 46.4 Å². The molecule has 8 heteroatoms. The number of likely N-dealkylation sites (N-methyl/N-ethyl adjacent to an activating group) is 2. The van der Waals surface area contributed by atoms with Crippen molar-refractivity contribution < 1.29 is 10.2 Å². The maximum Gasteiger partial charge on any atom is 0.0595 e. The topological polar surface area (TPSA) is 46.9 Å². The van der Waals surface area contributed by atoms with Crippen LogP contribution in [-0.2, 0) is 10.8 Å². The van der Waals surface area contributed by atoms with Crippen LogP contribution in [-0.4, -0.2) is 73.5 Å². The second kappa shape index (κ2) is 13.9. The summed E-state index contributed by atoms with van der Waals surface area (Å²) in [5.41, 5.74) is 2.34. The quantitative estimate of drug-likeness (QED) is 0.360. The van der Waals surface area contributed by atoms with Crippen molar-refractivity contribution in [1.29, 1.82) is 0 Å². The number of halogens is 4. The molecule has 2 aromatic carbocycles. The van der Waals surface area contributed by atoms with Gasteiger partial charge in [0.25, 0.3) is 0 Å². The zero-order valence-electron chi connectivity index (χ0n) is 23.0. The van der Waals surface area contributed by atoms with E-state index in [0.717, 1.165) is 64.5 Å². The first-order valence-electron chi connectivity index (χ1n) is 13.4. The molecular formula is C30H42Cl4N2O2. The fourth-order valence-corrected chi connectivity index (χ4v) is 7.12. The fraction of sp³-hybridized carbons (Fsp3) is 0.600. The minimum absolute atomic E-state index is 0.0185. The molecule has 0 amide bonds. The van der Waals surface area contributed by atoms with Crippen LogP contribution in [0.15, 0.2) is 36.4 Å². The standard InChI is InChI=1S/2C15H21Cl2NO/c2*1-18(2)10-15(7-3-4-12(19)9-15)11-5-6-13(16)14(17)8-11/h2*5-6,8,12,19H,3-4,7,9-10H2,1-2H3/t2*12-,15-/m10/s1. The molecule has 0 spiro atoms. The molecule has 0 heterocycles. The van der Waals surface area contributed by atoms with E-state index in [1.807, 2.05) is 24.3 Å². The molecule has 0 unspecified atom stereocenters. The highest BCUT2D eigenvalue weighted by atomic mass is 35.5. The van der Waals surface area contributed by atoms with E-state index in [0.29, 0.717) is 20.1 Å². The Morgan fingerprint density at radius 2 is 1.03 bits per heavy atom. The summed E-state index contributed by atoms with van der Waals surface area (Å²) < 4.78 is 0. The van der Waals surface area contributed by atoms with Crippen LogP contribution < -0.4 is 0 Å². The molecule has 4 atom stereocenters. The molecule has 2 saturated carbocycles. The summed E-state index contributed by atoms with van der Waals surface area (Å²) >= 11 is 24.3. The van der Waals surface area contributed by atoms with Crippen LogP contribution in [0.25, 0.3) is 0 Å². The lowest BCUT2D eigenvalue weighted by Crippen LogP contribution is -2.43. The summed E-state index contributed by atoms with van der Waals surface area (Å²) in [7, 11) is 8.28. The number of hydrogen-bond donors (Lipinski definition) is 2. The predicted octanol–water partition coefficient (Wildman–Crippen LogP) is 7.46. The highest BCUT2D eigenvalue weighted by molar-refractivity contribution is 6.42. The average molecular weight is 604 g/mol. The van der Waals surface area contributed by atoms with Gasteiger partial charge < -0.3 is 20.0 Å². The van der Waals surface area contributed by atoms with Gasteiger partial charge in [-0.1, -0.05) is 58.5 Å². The molecule has 4 nitrogen and oxygen atoms in total. The number of aliphatic hydroxyl groups excluding tert-OH is 2. The molecule has 2 fully saturated rings. The van der Waals surface area contributed by atoms with E-state index in [1.165, 1.54) is 11.1 Å². The molecule has 2 aliphatic carbocycles. The van der Waals surface area contributed by atoms with Crippen molar-refractivity contribution in [3.63, 3.8) is 0 Å². The smallest absolute Gasteiger partial charge is 0.0595 e. The zero-order valence-corrected chi connectivity index (χ0v) is 26.0. The molecule has 0 saturated heterocycles. The van der Waals surface area contributed by atoms with Gasteiger partial charge in [0.2, 0.25) is 0 Å². The number of nitrogens with zero attached hydrogens (tertiary/aromatic N) is 2. The second-order valence-electron chi connectivity index (χ2n) is 11.8. The Morgan fingerprint density at radius 3 is 1.32 bits per heavy atom.